The number of fused-ring (bicyclic) bond motifs is 1. The summed E-state index contributed by atoms with van der Waals surface area (Å²) in [5.41, 5.74) is 0.493. The van der Waals surface area contributed by atoms with E-state index in [2.05, 4.69) is 15.0 Å². The first-order valence-corrected chi connectivity index (χ1v) is 4.54. The number of aliphatic imine (C=N–C) groups is 3. The van der Waals surface area contributed by atoms with Crippen molar-refractivity contribution >= 4 is 34.9 Å². The Morgan fingerprint density at radius 2 is 2.25 bits per heavy atom. The second kappa shape index (κ2) is 2.67. The second-order valence-electron chi connectivity index (χ2n) is 2.20. The molecule has 2 heterocycles. The number of nitrogens with zero attached hydrogens (tertiary/aromatic N) is 3. The minimum absolute atomic E-state index is 0.248. The molecule has 0 fully saturated rings. The van der Waals surface area contributed by atoms with Crippen LogP contribution in [0.1, 0.15) is 0 Å². The highest BCUT2D eigenvalue weighted by atomic mass is 32.2. The van der Waals surface area contributed by atoms with Crippen molar-refractivity contribution < 1.29 is 4.79 Å². The average Bonchev–Trinajstić information content (AvgIpc) is 2.52. The first-order valence-electron chi connectivity index (χ1n) is 3.31. The van der Waals surface area contributed by atoms with Crippen LogP contribution in [0.15, 0.2) is 26.6 Å². The number of hydrogen-bond acceptors (Lipinski definition) is 4. The second-order valence-corrected chi connectivity index (χ2v) is 2.97. The third kappa shape index (κ3) is 1.02. The van der Waals surface area contributed by atoms with Gasteiger partial charge in [-0.05, 0) is 12.3 Å². The monoisotopic (exact) mass is 179 g/mol. The van der Waals surface area contributed by atoms with Gasteiger partial charge in [0.05, 0.1) is 5.57 Å². The molecular weight excluding hydrogens is 174 g/mol. The SMILES string of the molecule is CSC1=NC(=O)C2=CC=NC2=N1. The van der Waals surface area contributed by atoms with E-state index in [1.807, 2.05) is 6.26 Å². The molecule has 0 bridgehead atoms. The van der Waals surface area contributed by atoms with Crippen LogP contribution in [-0.2, 0) is 4.79 Å². The molecule has 0 aromatic heterocycles. The lowest BCUT2D eigenvalue weighted by Gasteiger charge is -2.05. The predicted molar refractivity (Wildman–Crippen MR) is 50.0 cm³/mol. The van der Waals surface area contributed by atoms with Gasteiger partial charge in [-0.1, -0.05) is 11.8 Å². The molecule has 5 heteroatoms. The van der Waals surface area contributed by atoms with Crippen LogP contribution in [0.2, 0.25) is 0 Å². The molecule has 2 aliphatic rings. The average molecular weight is 179 g/mol. The van der Waals surface area contributed by atoms with Crippen LogP contribution in [-0.4, -0.2) is 29.4 Å². The molecule has 0 aromatic rings. The highest BCUT2D eigenvalue weighted by Crippen LogP contribution is 2.16. The third-order valence-corrected chi connectivity index (χ3v) is 2.04. The van der Waals surface area contributed by atoms with Crippen LogP contribution in [0.3, 0.4) is 0 Å². The molecule has 0 radical (unpaired) electrons. The zero-order valence-electron chi connectivity index (χ0n) is 6.31. The first-order chi connectivity index (χ1) is 5.81. The topological polar surface area (TPSA) is 54.1 Å². The fourth-order valence-corrected chi connectivity index (χ4v) is 1.29. The molecule has 0 N–H and O–H groups in total. The smallest absolute Gasteiger partial charge is 0.267 e. The maximum atomic E-state index is 11.2. The Morgan fingerprint density at radius 3 is 3.00 bits per heavy atom. The minimum atomic E-state index is -0.248. The molecule has 0 aromatic carbocycles. The first kappa shape index (κ1) is 7.42. The Morgan fingerprint density at radius 1 is 1.42 bits per heavy atom. The Balaban J connectivity index is 2.45. The van der Waals surface area contributed by atoms with E-state index in [1.54, 1.807) is 12.3 Å². The summed E-state index contributed by atoms with van der Waals surface area (Å²) in [6.45, 7) is 0. The Hall–Kier alpha value is -1.23. The van der Waals surface area contributed by atoms with E-state index in [0.717, 1.165) is 0 Å². The molecule has 0 atom stereocenters. The van der Waals surface area contributed by atoms with Crippen LogP contribution in [0.4, 0.5) is 0 Å². The van der Waals surface area contributed by atoms with E-state index in [9.17, 15) is 4.79 Å². The van der Waals surface area contributed by atoms with Crippen LogP contribution in [0.5, 0.6) is 0 Å². The minimum Gasteiger partial charge on any atom is -0.267 e. The number of amides is 1. The van der Waals surface area contributed by atoms with Crippen molar-refractivity contribution in [2.45, 2.75) is 0 Å². The van der Waals surface area contributed by atoms with Gasteiger partial charge in [-0.25, -0.2) is 9.98 Å². The lowest BCUT2D eigenvalue weighted by atomic mass is 10.2. The normalized spacial score (nSPS) is 20.1. The summed E-state index contributed by atoms with van der Waals surface area (Å²) < 4.78 is 0. The van der Waals surface area contributed by atoms with E-state index in [4.69, 9.17) is 0 Å². The molecule has 12 heavy (non-hydrogen) atoms. The maximum Gasteiger partial charge on any atom is 0.283 e. The summed E-state index contributed by atoms with van der Waals surface area (Å²) in [6.07, 6.45) is 5.01. The maximum absolute atomic E-state index is 11.2. The van der Waals surface area contributed by atoms with Gasteiger partial charge in [0.2, 0.25) is 0 Å². The highest BCUT2D eigenvalue weighted by Gasteiger charge is 2.22. The van der Waals surface area contributed by atoms with E-state index in [-0.39, 0.29) is 5.91 Å². The Bertz CT molecular complexity index is 365. The van der Waals surface area contributed by atoms with Gasteiger partial charge in [0.15, 0.2) is 11.0 Å². The lowest BCUT2D eigenvalue weighted by molar-refractivity contribution is -0.113. The molecule has 1 amide bonds. The summed E-state index contributed by atoms with van der Waals surface area (Å²) in [4.78, 5) is 22.9. The van der Waals surface area contributed by atoms with Crippen molar-refractivity contribution in [3.63, 3.8) is 0 Å². The molecule has 0 saturated heterocycles. The molecule has 0 spiro atoms. The van der Waals surface area contributed by atoms with Gasteiger partial charge in [0.25, 0.3) is 5.91 Å². The van der Waals surface area contributed by atoms with Gasteiger partial charge < -0.3 is 0 Å². The van der Waals surface area contributed by atoms with Crippen molar-refractivity contribution in [2.24, 2.45) is 15.0 Å². The van der Waals surface area contributed by atoms with Gasteiger partial charge in [0, 0.05) is 6.21 Å². The van der Waals surface area contributed by atoms with Crippen molar-refractivity contribution in [1.29, 1.82) is 0 Å². The van der Waals surface area contributed by atoms with E-state index in [0.29, 0.717) is 16.6 Å². The third-order valence-electron chi connectivity index (χ3n) is 1.49. The molecule has 2 aliphatic heterocycles. The highest BCUT2D eigenvalue weighted by molar-refractivity contribution is 8.13. The Labute approximate surface area is 73.2 Å². The van der Waals surface area contributed by atoms with E-state index >= 15 is 0 Å². The summed E-state index contributed by atoms with van der Waals surface area (Å²) in [5.74, 6) is 0.237. The number of hydrogen-bond donors (Lipinski definition) is 0. The van der Waals surface area contributed by atoms with Crippen molar-refractivity contribution in [1.82, 2.24) is 0 Å². The molecule has 2 rings (SSSR count). The molecular formula is C7H5N3OS. The molecule has 0 saturated carbocycles. The number of rotatable bonds is 0. The van der Waals surface area contributed by atoms with Gasteiger partial charge >= 0.3 is 0 Å². The van der Waals surface area contributed by atoms with Gasteiger partial charge in [-0.15, -0.1) is 0 Å². The van der Waals surface area contributed by atoms with E-state index in [1.165, 1.54) is 11.8 Å². The zero-order valence-corrected chi connectivity index (χ0v) is 7.13. The largest absolute Gasteiger partial charge is 0.283 e. The van der Waals surface area contributed by atoms with Crippen molar-refractivity contribution in [3.05, 3.63) is 11.6 Å². The zero-order chi connectivity index (χ0) is 8.55. The fraction of sp³-hybridized carbons (Fsp3) is 0.143. The van der Waals surface area contributed by atoms with Gasteiger partial charge in [-0.3, -0.25) is 4.79 Å². The summed E-state index contributed by atoms with van der Waals surface area (Å²) >= 11 is 1.34. The lowest BCUT2D eigenvalue weighted by Crippen LogP contribution is -2.14. The number of carbonyl (C=O) groups is 1. The standard InChI is InChI=1S/C7H5N3OS/c1-12-7-9-5-4(2-3-8-5)6(11)10-7/h2-3H,1H3. The molecule has 60 valence electrons. The number of carbonyl (C=O) groups excluding carboxylic acids is 1. The summed E-state index contributed by atoms with van der Waals surface area (Å²) in [7, 11) is 0. The summed E-state index contributed by atoms with van der Waals surface area (Å²) in [6, 6.07) is 0. The quantitative estimate of drug-likeness (QED) is 0.548. The van der Waals surface area contributed by atoms with Crippen LogP contribution in [0.25, 0.3) is 0 Å². The number of allylic oxidation sites excluding steroid dienone is 1. The van der Waals surface area contributed by atoms with Crippen LogP contribution >= 0.6 is 11.8 Å². The predicted octanol–water partition coefficient (Wildman–Crippen LogP) is 0.655. The summed E-state index contributed by atoms with van der Waals surface area (Å²) in [5, 5.41) is 0.478. The molecule has 0 unspecified atom stereocenters. The van der Waals surface area contributed by atoms with E-state index < -0.39 is 0 Å². The number of thioether (sulfide) groups is 1. The Kier molecular flexibility index (Phi) is 1.65. The molecule has 0 aliphatic carbocycles. The van der Waals surface area contributed by atoms with Crippen LogP contribution < -0.4 is 0 Å². The van der Waals surface area contributed by atoms with Gasteiger partial charge in [-0.2, -0.15) is 4.99 Å². The fourth-order valence-electron chi connectivity index (χ4n) is 0.936. The van der Waals surface area contributed by atoms with Crippen LogP contribution in [0, 0.1) is 0 Å². The number of amidine groups is 2. The van der Waals surface area contributed by atoms with Crippen molar-refractivity contribution in [2.75, 3.05) is 6.26 Å². The van der Waals surface area contributed by atoms with Gasteiger partial charge in [0.1, 0.15) is 0 Å². The van der Waals surface area contributed by atoms with Crippen molar-refractivity contribution in [3.8, 4) is 0 Å². The molecule has 4 nitrogen and oxygen atoms in total.